The summed E-state index contributed by atoms with van der Waals surface area (Å²) in [6, 6.07) is 12.8. The zero-order valence-electron chi connectivity index (χ0n) is 10.3. The molecule has 0 aliphatic carbocycles. The number of aryl methyl sites for hydroxylation is 2. The molecule has 1 N–H and O–H groups in total. The van der Waals surface area contributed by atoms with Gasteiger partial charge in [-0.2, -0.15) is 0 Å². The maximum absolute atomic E-state index is 12.1. The van der Waals surface area contributed by atoms with Gasteiger partial charge in [-0.15, -0.1) is 0 Å². The first-order chi connectivity index (χ1) is 8.54. The van der Waals surface area contributed by atoms with Crippen molar-refractivity contribution in [3.05, 3.63) is 64.2 Å². The van der Waals surface area contributed by atoms with E-state index in [0.29, 0.717) is 10.6 Å². The summed E-state index contributed by atoms with van der Waals surface area (Å²) in [4.78, 5) is 12.1. The number of carbonyl (C=O) groups excluding carboxylic acids is 1. The molecule has 0 bridgehead atoms. The number of hydrogen-bond acceptors (Lipinski definition) is 1. The van der Waals surface area contributed by atoms with Gasteiger partial charge in [-0.05, 0) is 50.2 Å². The highest BCUT2D eigenvalue weighted by Crippen LogP contribution is 2.15. The molecule has 2 nitrogen and oxygen atoms in total. The Bertz CT molecular complexity index is 555. The van der Waals surface area contributed by atoms with E-state index < -0.39 is 0 Å². The smallest absolute Gasteiger partial charge is 0.255 e. The summed E-state index contributed by atoms with van der Waals surface area (Å²) in [5, 5.41) is 3.49. The number of nitrogens with one attached hydrogen (secondary N) is 1. The van der Waals surface area contributed by atoms with Crippen LogP contribution in [0.25, 0.3) is 0 Å². The number of rotatable bonds is 2. The van der Waals surface area contributed by atoms with E-state index in [2.05, 4.69) is 5.32 Å². The Morgan fingerprint density at radius 3 is 2.11 bits per heavy atom. The Morgan fingerprint density at radius 2 is 1.56 bits per heavy atom. The van der Waals surface area contributed by atoms with Crippen molar-refractivity contribution in [3.63, 3.8) is 0 Å². The van der Waals surface area contributed by atoms with Gasteiger partial charge in [0.25, 0.3) is 5.91 Å². The van der Waals surface area contributed by atoms with E-state index in [9.17, 15) is 4.79 Å². The van der Waals surface area contributed by atoms with Crippen molar-refractivity contribution in [2.75, 3.05) is 5.32 Å². The molecule has 0 radical (unpaired) electrons. The van der Waals surface area contributed by atoms with Gasteiger partial charge in [0.1, 0.15) is 0 Å². The second-order valence-corrected chi connectivity index (χ2v) is 4.77. The van der Waals surface area contributed by atoms with E-state index in [1.807, 2.05) is 32.0 Å². The number of carbonyl (C=O) groups is 1. The predicted molar refractivity (Wildman–Crippen MR) is 75.3 cm³/mol. The summed E-state index contributed by atoms with van der Waals surface area (Å²) in [6.45, 7) is 3.96. The van der Waals surface area contributed by atoms with Gasteiger partial charge in [0, 0.05) is 16.3 Å². The van der Waals surface area contributed by atoms with Crippen LogP contribution in [0.5, 0.6) is 0 Å². The maximum atomic E-state index is 12.1. The highest BCUT2D eigenvalue weighted by atomic mass is 35.5. The third kappa shape index (κ3) is 3.11. The zero-order valence-corrected chi connectivity index (χ0v) is 11.1. The van der Waals surface area contributed by atoms with Gasteiger partial charge >= 0.3 is 0 Å². The van der Waals surface area contributed by atoms with Crippen molar-refractivity contribution >= 4 is 23.2 Å². The first-order valence-electron chi connectivity index (χ1n) is 5.70. The predicted octanol–water partition coefficient (Wildman–Crippen LogP) is 4.21. The van der Waals surface area contributed by atoms with Gasteiger partial charge in [-0.1, -0.05) is 28.8 Å². The van der Waals surface area contributed by atoms with Gasteiger partial charge in [0.05, 0.1) is 0 Å². The largest absolute Gasteiger partial charge is 0.322 e. The van der Waals surface area contributed by atoms with Crippen LogP contribution in [0.4, 0.5) is 5.69 Å². The highest BCUT2D eigenvalue weighted by Gasteiger charge is 2.07. The standard InChI is InChI=1S/C15H14ClNO/c1-10-7-11(2)9-12(8-10)15(18)17-14-5-3-13(16)4-6-14/h3-9H,1-2H3,(H,17,18). The molecule has 2 aromatic rings. The molecular formula is C15H14ClNO. The van der Waals surface area contributed by atoms with Crippen LogP contribution in [0.2, 0.25) is 5.02 Å². The minimum absolute atomic E-state index is 0.107. The molecule has 1 amide bonds. The number of hydrogen-bond donors (Lipinski definition) is 1. The lowest BCUT2D eigenvalue weighted by Crippen LogP contribution is -2.12. The molecule has 0 unspecified atom stereocenters. The minimum Gasteiger partial charge on any atom is -0.322 e. The number of halogens is 1. The third-order valence-electron chi connectivity index (χ3n) is 2.59. The van der Waals surface area contributed by atoms with Crippen molar-refractivity contribution in [2.45, 2.75) is 13.8 Å². The van der Waals surface area contributed by atoms with E-state index in [4.69, 9.17) is 11.6 Å². The fourth-order valence-corrected chi connectivity index (χ4v) is 1.97. The molecule has 0 aliphatic rings. The average Bonchev–Trinajstić information content (AvgIpc) is 2.31. The van der Waals surface area contributed by atoms with Gasteiger partial charge < -0.3 is 5.32 Å². The Hall–Kier alpha value is -1.80. The molecule has 18 heavy (non-hydrogen) atoms. The van der Waals surface area contributed by atoms with Crippen LogP contribution in [0.3, 0.4) is 0 Å². The molecular weight excluding hydrogens is 246 g/mol. The zero-order chi connectivity index (χ0) is 13.1. The van der Waals surface area contributed by atoms with Crippen LogP contribution < -0.4 is 5.32 Å². The molecule has 2 aromatic carbocycles. The molecule has 0 saturated heterocycles. The number of benzene rings is 2. The topological polar surface area (TPSA) is 29.1 Å². The van der Waals surface area contributed by atoms with Crippen molar-refractivity contribution in [1.29, 1.82) is 0 Å². The maximum Gasteiger partial charge on any atom is 0.255 e. The Kier molecular flexibility index (Phi) is 3.68. The van der Waals surface area contributed by atoms with E-state index in [-0.39, 0.29) is 5.91 Å². The average molecular weight is 260 g/mol. The van der Waals surface area contributed by atoms with Crippen molar-refractivity contribution in [2.24, 2.45) is 0 Å². The number of amides is 1. The van der Waals surface area contributed by atoms with E-state index in [1.54, 1.807) is 24.3 Å². The van der Waals surface area contributed by atoms with Crippen LogP contribution in [0.15, 0.2) is 42.5 Å². The molecule has 0 saturated carbocycles. The first-order valence-corrected chi connectivity index (χ1v) is 6.07. The molecule has 0 spiro atoms. The second kappa shape index (κ2) is 5.23. The van der Waals surface area contributed by atoms with Gasteiger partial charge in [-0.3, -0.25) is 4.79 Å². The first kappa shape index (κ1) is 12.7. The summed E-state index contributed by atoms with van der Waals surface area (Å²) in [5.74, 6) is -0.107. The Balaban J connectivity index is 2.19. The SMILES string of the molecule is Cc1cc(C)cc(C(=O)Nc2ccc(Cl)cc2)c1. The molecule has 0 atom stereocenters. The lowest BCUT2D eigenvalue weighted by molar-refractivity contribution is 0.102. The fraction of sp³-hybridized carbons (Fsp3) is 0.133. The van der Waals surface area contributed by atoms with Crippen LogP contribution >= 0.6 is 11.6 Å². The minimum atomic E-state index is -0.107. The van der Waals surface area contributed by atoms with Gasteiger partial charge in [0.2, 0.25) is 0 Å². The van der Waals surface area contributed by atoms with E-state index >= 15 is 0 Å². The normalized spacial score (nSPS) is 10.2. The number of anilines is 1. The van der Waals surface area contributed by atoms with Gasteiger partial charge in [-0.25, -0.2) is 0 Å². The van der Waals surface area contributed by atoms with Crippen LogP contribution in [-0.4, -0.2) is 5.91 Å². The van der Waals surface area contributed by atoms with Crippen LogP contribution in [0.1, 0.15) is 21.5 Å². The van der Waals surface area contributed by atoms with Crippen LogP contribution in [0, 0.1) is 13.8 Å². The Labute approximate surface area is 112 Å². The summed E-state index contributed by atoms with van der Waals surface area (Å²) in [5.41, 5.74) is 3.57. The van der Waals surface area contributed by atoms with Crippen molar-refractivity contribution in [3.8, 4) is 0 Å². The molecule has 0 aliphatic heterocycles. The molecule has 92 valence electrons. The monoisotopic (exact) mass is 259 g/mol. The lowest BCUT2D eigenvalue weighted by atomic mass is 10.1. The molecule has 3 heteroatoms. The summed E-state index contributed by atoms with van der Waals surface area (Å²) >= 11 is 5.79. The van der Waals surface area contributed by atoms with E-state index in [1.165, 1.54) is 0 Å². The summed E-state index contributed by atoms with van der Waals surface area (Å²) < 4.78 is 0. The van der Waals surface area contributed by atoms with Crippen molar-refractivity contribution in [1.82, 2.24) is 0 Å². The van der Waals surface area contributed by atoms with E-state index in [0.717, 1.165) is 16.8 Å². The summed E-state index contributed by atoms with van der Waals surface area (Å²) in [6.07, 6.45) is 0. The lowest BCUT2D eigenvalue weighted by Gasteiger charge is -2.07. The third-order valence-corrected chi connectivity index (χ3v) is 2.84. The second-order valence-electron chi connectivity index (χ2n) is 4.34. The summed E-state index contributed by atoms with van der Waals surface area (Å²) in [7, 11) is 0. The quantitative estimate of drug-likeness (QED) is 0.860. The highest BCUT2D eigenvalue weighted by molar-refractivity contribution is 6.30. The van der Waals surface area contributed by atoms with Crippen molar-refractivity contribution < 1.29 is 4.79 Å². The fourth-order valence-electron chi connectivity index (χ4n) is 1.84. The van der Waals surface area contributed by atoms with Gasteiger partial charge in [0.15, 0.2) is 0 Å². The molecule has 0 heterocycles. The van der Waals surface area contributed by atoms with Crippen LogP contribution in [-0.2, 0) is 0 Å². The molecule has 0 aromatic heterocycles. The molecule has 2 rings (SSSR count). The molecule has 0 fully saturated rings. The Morgan fingerprint density at radius 1 is 1.00 bits per heavy atom.